The van der Waals surface area contributed by atoms with E-state index in [2.05, 4.69) is 4.40 Å². The van der Waals surface area contributed by atoms with Gasteiger partial charge in [-0.25, -0.2) is 4.79 Å². The Balaban J connectivity index is 1.65. The van der Waals surface area contributed by atoms with Gasteiger partial charge in [0.1, 0.15) is 16.5 Å². The Morgan fingerprint density at radius 1 is 1.11 bits per heavy atom. The highest BCUT2D eigenvalue weighted by Gasteiger charge is 2.32. The number of anilines is 1. The lowest BCUT2D eigenvalue weighted by Crippen LogP contribution is -2.35. The van der Waals surface area contributed by atoms with Crippen molar-refractivity contribution in [1.82, 2.24) is 0 Å². The minimum Gasteiger partial charge on any atom is -0.423 e. The van der Waals surface area contributed by atoms with Crippen LogP contribution in [0.5, 0.6) is 5.75 Å². The van der Waals surface area contributed by atoms with Gasteiger partial charge in [0, 0.05) is 13.0 Å². The molecule has 0 aromatic heterocycles. The lowest BCUT2D eigenvalue weighted by Gasteiger charge is -2.29. The first kappa shape index (κ1) is 18.2. The van der Waals surface area contributed by atoms with Crippen molar-refractivity contribution in [3.63, 3.8) is 0 Å². The maximum atomic E-state index is 12.6. The van der Waals surface area contributed by atoms with E-state index < -0.39 is 16.0 Å². The predicted molar refractivity (Wildman–Crippen MR) is 103 cm³/mol. The zero-order valence-electron chi connectivity index (χ0n) is 15.0. The summed E-state index contributed by atoms with van der Waals surface area (Å²) in [6.07, 6.45) is 3.53. The van der Waals surface area contributed by atoms with Crippen molar-refractivity contribution in [2.75, 3.05) is 11.4 Å². The van der Waals surface area contributed by atoms with Crippen molar-refractivity contribution >= 4 is 27.5 Å². The van der Waals surface area contributed by atoms with Gasteiger partial charge < -0.3 is 9.64 Å². The Hall–Kier alpha value is -3.18. The van der Waals surface area contributed by atoms with Crippen molar-refractivity contribution in [2.24, 2.45) is 4.40 Å². The number of rotatable bonds is 2. The van der Waals surface area contributed by atoms with Gasteiger partial charge in [0.15, 0.2) is 0 Å². The summed E-state index contributed by atoms with van der Waals surface area (Å²) in [6.45, 7) is 0.705. The molecule has 8 heteroatoms. The molecule has 1 saturated heterocycles. The van der Waals surface area contributed by atoms with Crippen LogP contribution in [0.25, 0.3) is 0 Å². The molecule has 0 amide bonds. The van der Waals surface area contributed by atoms with Crippen molar-refractivity contribution in [3.05, 3.63) is 53.6 Å². The number of carbonyl (C=O) groups is 1. The van der Waals surface area contributed by atoms with E-state index in [0.717, 1.165) is 19.3 Å². The van der Waals surface area contributed by atoms with Crippen LogP contribution in [0.2, 0.25) is 0 Å². The summed E-state index contributed by atoms with van der Waals surface area (Å²) in [5.74, 6) is 0.170. The summed E-state index contributed by atoms with van der Waals surface area (Å²) in [5, 5.41) is 8.82. The van der Waals surface area contributed by atoms with Crippen molar-refractivity contribution in [1.29, 1.82) is 5.26 Å². The molecule has 28 heavy (non-hydrogen) atoms. The number of fused-ring (bicyclic) bond motifs is 3. The second-order valence-electron chi connectivity index (χ2n) is 6.65. The number of amidine groups is 1. The average Bonchev–Trinajstić information content (AvgIpc) is 2.93. The molecule has 0 saturated carbocycles. The van der Waals surface area contributed by atoms with Gasteiger partial charge in [0.2, 0.25) is 0 Å². The number of nitrogens with zero attached hydrogens (tertiary/aromatic N) is 3. The number of carbonyl (C=O) groups excluding carboxylic acids is 1. The zero-order valence-corrected chi connectivity index (χ0v) is 15.8. The maximum absolute atomic E-state index is 12.6. The largest absolute Gasteiger partial charge is 0.423 e. The molecule has 0 spiro atoms. The van der Waals surface area contributed by atoms with E-state index in [4.69, 9.17) is 10.00 Å². The Kier molecular flexibility index (Phi) is 4.61. The zero-order chi connectivity index (χ0) is 19.7. The molecule has 2 heterocycles. The number of hydrogen-bond acceptors (Lipinski definition) is 6. The van der Waals surface area contributed by atoms with E-state index in [1.165, 1.54) is 30.3 Å². The quantitative estimate of drug-likeness (QED) is 0.572. The number of hydrogen-bond donors (Lipinski definition) is 0. The summed E-state index contributed by atoms with van der Waals surface area (Å²) in [6, 6.07) is 12.6. The molecule has 7 nitrogen and oxygen atoms in total. The highest BCUT2D eigenvalue weighted by atomic mass is 32.2. The van der Waals surface area contributed by atoms with Gasteiger partial charge in [-0.15, -0.1) is 4.40 Å². The SMILES string of the molecule is N#Cc1ccc(OC(=O)c2ccc3c(c2)S(=O)(=O)N=C2CCCCCN23)cc1. The molecular weight excluding hydrogens is 378 g/mol. The number of benzene rings is 2. The highest BCUT2D eigenvalue weighted by Crippen LogP contribution is 2.35. The molecule has 2 aromatic carbocycles. The lowest BCUT2D eigenvalue weighted by atomic mass is 10.1. The third-order valence-corrected chi connectivity index (χ3v) is 6.11. The third-order valence-electron chi connectivity index (χ3n) is 4.78. The number of esters is 1. The van der Waals surface area contributed by atoms with Gasteiger partial charge in [0.05, 0.1) is 22.9 Å². The third kappa shape index (κ3) is 3.37. The van der Waals surface area contributed by atoms with Crippen molar-refractivity contribution in [3.8, 4) is 11.8 Å². The molecule has 1 fully saturated rings. The Morgan fingerprint density at radius 3 is 2.64 bits per heavy atom. The summed E-state index contributed by atoms with van der Waals surface area (Å²) < 4.78 is 34.6. The van der Waals surface area contributed by atoms with Crippen LogP contribution in [0.1, 0.15) is 41.6 Å². The fourth-order valence-electron chi connectivity index (χ4n) is 3.37. The molecule has 0 radical (unpaired) electrons. The second-order valence-corrected chi connectivity index (χ2v) is 8.23. The van der Waals surface area contributed by atoms with Crippen LogP contribution in [0.15, 0.2) is 51.8 Å². The first-order chi connectivity index (χ1) is 13.5. The number of sulfonamides is 1. The van der Waals surface area contributed by atoms with Crippen LogP contribution in [-0.4, -0.2) is 26.8 Å². The summed E-state index contributed by atoms with van der Waals surface area (Å²) >= 11 is 0. The molecule has 0 bridgehead atoms. The minimum atomic E-state index is -3.86. The second kappa shape index (κ2) is 7.09. The van der Waals surface area contributed by atoms with E-state index >= 15 is 0 Å². The predicted octanol–water partition coefficient (Wildman–Crippen LogP) is 3.26. The molecule has 0 unspecified atom stereocenters. The normalized spacial score (nSPS) is 17.4. The van der Waals surface area contributed by atoms with Crippen molar-refractivity contribution < 1.29 is 17.9 Å². The molecule has 4 rings (SSSR count). The molecule has 2 aromatic rings. The molecule has 142 valence electrons. The number of ether oxygens (including phenoxy) is 1. The fraction of sp³-hybridized carbons (Fsp3) is 0.250. The summed E-state index contributed by atoms with van der Waals surface area (Å²) in [4.78, 5) is 14.4. The van der Waals surface area contributed by atoms with Gasteiger partial charge in [-0.2, -0.15) is 13.7 Å². The van der Waals surface area contributed by atoms with Crippen LogP contribution in [-0.2, 0) is 10.0 Å². The van der Waals surface area contributed by atoms with E-state index in [1.807, 2.05) is 11.0 Å². The highest BCUT2D eigenvalue weighted by molar-refractivity contribution is 7.90. The van der Waals surface area contributed by atoms with Gasteiger partial charge >= 0.3 is 5.97 Å². The molecule has 2 aliphatic heterocycles. The Labute approximate surface area is 162 Å². The molecule has 2 aliphatic rings. The van der Waals surface area contributed by atoms with Crippen LogP contribution in [0.4, 0.5) is 5.69 Å². The Bertz CT molecular complexity index is 1120. The lowest BCUT2D eigenvalue weighted by molar-refractivity contribution is 0.0734. The first-order valence-corrected chi connectivity index (χ1v) is 10.4. The summed E-state index contributed by atoms with van der Waals surface area (Å²) in [5.41, 5.74) is 1.13. The number of nitriles is 1. The van der Waals surface area contributed by atoms with Crippen molar-refractivity contribution in [2.45, 2.75) is 30.6 Å². The van der Waals surface area contributed by atoms with Crippen LogP contribution < -0.4 is 9.64 Å². The molecule has 0 aliphatic carbocycles. The first-order valence-electron chi connectivity index (χ1n) is 8.96. The smallest absolute Gasteiger partial charge is 0.343 e. The topological polar surface area (TPSA) is 99.8 Å². The monoisotopic (exact) mass is 395 g/mol. The molecule has 0 atom stereocenters. The van der Waals surface area contributed by atoms with E-state index in [1.54, 1.807) is 12.1 Å². The van der Waals surface area contributed by atoms with E-state index in [-0.39, 0.29) is 16.2 Å². The van der Waals surface area contributed by atoms with Gasteiger partial charge in [-0.3, -0.25) is 0 Å². The van der Waals surface area contributed by atoms with E-state index in [0.29, 0.717) is 30.1 Å². The fourth-order valence-corrected chi connectivity index (χ4v) is 4.65. The van der Waals surface area contributed by atoms with Crippen LogP contribution >= 0.6 is 0 Å². The maximum Gasteiger partial charge on any atom is 0.343 e. The molecule has 0 N–H and O–H groups in total. The van der Waals surface area contributed by atoms with Gasteiger partial charge in [-0.05, 0) is 55.3 Å². The van der Waals surface area contributed by atoms with Crippen LogP contribution in [0.3, 0.4) is 0 Å². The van der Waals surface area contributed by atoms with Gasteiger partial charge in [0.25, 0.3) is 10.0 Å². The Morgan fingerprint density at radius 2 is 1.89 bits per heavy atom. The minimum absolute atomic E-state index is 0.0208. The van der Waals surface area contributed by atoms with Gasteiger partial charge in [-0.1, -0.05) is 6.42 Å². The van der Waals surface area contributed by atoms with E-state index in [9.17, 15) is 13.2 Å². The van der Waals surface area contributed by atoms with Crippen LogP contribution in [0, 0.1) is 11.3 Å². The standard InChI is InChI=1S/C20H17N3O4S/c21-13-14-5-8-16(9-6-14)27-20(24)15-7-10-17-18(12-15)28(25,26)22-19-4-2-1-3-11-23(17)19/h5-10,12H,1-4,11H2. The summed E-state index contributed by atoms with van der Waals surface area (Å²) in [7, 11) is -3.86. The average molecular weight is 395 g/mol. The molecular formula is C20H17N3O4S.